The molecule has 0 radical (unpaired) electrons. The number of aryl methyl sites for hydroxylation is 2. The van der Waals surface area contributed by atoms with E-state index in [-0.39, 0.29) is 5.02 Å². The number of hydrogen-bond acceptors (Lipinski definition) is 1. The van der Waals surface area contributed by atoms with Crippen molar-refractivity contribution in [1.29, 1.82) is 0 Å². The van der Waals surface area contributed by atoms with Crippen LogP contribution < -0.4 is 5.73 Å². The summed E-state index contributed by atoms with van der Waals surface area (Å²) in [5.74, 6) is -0.521. The Morgan fingerprint density at radius 3 is 2.05 bits per heavy atom. The molecule has 2 aromatic rings. The van der Waals surface area contributed by atoms with Crippen molar-refractivity contribution in [3.8, 4) is 0 Å². The Kier molecular flexibility index (Phi) is 4.10. The van der Waals surface area contributed by atoms with Crippen LogP contribution in [0.3, 0.4) is 0 Å². The maximum absolute atomic E-state index is 13.7. The zero-order valence-electron chi connectivity index (χ0n) is 11.6. The van der Waals surface area contributed by atoms with Crippen molar-refractivity contribution in [2.24, 2.45) is 5.73 Å². The minimum absolute atomic E-state index is 0.00465. The molecule has 2 N–H and O–H groups in total. The normalized spacial score (nSPS) is 14.2. The first kappa shape index (κ1) is 15.3. The number of rotatable bonds is 2. The standard InChI is InChI=1S/C16H16Cl2FN/c1-9-4-10(2)6-11(5-9)16(3,20)12-7-15(19)14(18)8-13(12)17/h4-8H,20H2,1-3H3. The van der Waals surface area contributed by atoms with E-state index in [4.69, 9.17) is 28.9 Å². The lowest BCUT2D eigenvalue weighted by atomic mass is 9.84. The van der Waals surface area contributed by atoms with Gasteiger partial charge in [-0.3, -0.25) is 0 Å². The van der Waals surface area contributed by atoms with E-state index in [0.717, 1.165) is 16.7 Å². The number of hydrogen-bond donors (Lipinski definition) is 1. The van der Waals surface area contributed by atoms with E-state index in [1.54, 1.807) is 0 Å². The summed E-state index contributed by atoms with van der Waals surface area (Å²) in [6, 6.07) is 8.72. The second-order valence-electron chi connectivity index (χ2n) is 5.32. The molecule has 20 heavy (non-hydrogen) atoms. The fourth-order valence-electron chi connectivity index (χ4n) is 2.35. The highest BCUT2D eigenvalue weighted by molar-refractivity contribution is 6.35. The smallest absolute Gasteiger partial charge is 0.142 e. The minimum atomic E-state index is -0.890. The second-order valence-corrected chi connectivity index (χ2v) is 6.14. The van der Waals surface area contributed by atoms with Crippen LogP contribution >= 0.6 is 23.2 Å². The molecule has 1 atom stereocenters. The van der Waals surface area contributed by atoms with E-state index < -0.39 is 11.4 Å². The summed E-state index contributed by atoms with van der Waals surface area (Å²) in [6.45, 7) is 5.81. The van der Waals surface area contributed by atoms with Crippen LogP contribution in [0.2, 0.25) is 10.0 Å². The summed E-state index contributed by atoms with van der Waals surface area (Å²) in [6.07, 6.45) is 0. The molecule has 4 heteroatoms. The molecule has 1 nitrogen and oxygen atoms in total. The van der Waals surface area contributed by atoms with Crippen molar-refractivity contribution in [2.45, 2.75) is 26.3 Å². The molecule has 2 aromatic carbocycles. The van der Waals surface area contributed by atoms with Crippen molar-refractivity contribution in [1.82, 2.24) is 0 Å². The van der Waals surface area contributed by atoms with E-state index in [9.17, 15) is 4.39 Å². The quantitative estimate of drug-likeness (QED) is 0.778. The Hall–Kier alpha value is -1.09. The van der Waals surface area contributed by atoms with Gasteiger partial charge in [0.2, 0.25) is 0 Å². The van der Waals surface area contributed by atoms with Gasteiger partial charge in [0.1, 0.15) is 5.82 Å². The third kappa shape index (κ3) is 2.83. The Labute approximate surface area is 128 Å². The third-order valence-electron chi connectivity index (χ3n) is 3.39. The first-order valence-corrected chi connectivity index (χ1v) is 7.00. The van der Waals surface area contributed by atoms with E-state index in [1.807, 2.05) is 32.9 Å². The summed E-state index contributed by atoms with van der Waals surface area (Å²) in [5.41, 5.74) is 9.14. The summed E-state index contributed by atoms with van der Waals surface area (Å²) in [7, 11) is 0. The summed E-state index contributed by atoms with van der Waals surface area (Å²) >= 11 is 11.9. The van der Waals surface area contributed by atoms with Crippen LogP contribution in [-0.2, 0) is 5.54 Å². The lowest BCUT2D eigenvalue weighted by Gasteiger charge is -2.28. The molecule has 0 aliphatic heterocycles. The molecule has 0 amide bonds. The summed E-state index contributed by atoms with van der Waals surface area (Å²) in [4.78, 5) is 0. The Morgan fingerprint density at radius 2 is 1.50 bits per heavy atom. The molecule has 0 aromatic heterocycles. The first-order chi connectivity index (χ1) is 9.21. The highest BCUT2D eigenvalue weighted by atomic mass is 35.5. The molecule has 106 valence electrons. The molecule has 0 saturated heterocycles. The molecular weight excluding hydrogens is 296 g/mol. The zero-order valence-corrected chi connectivity index (χ0v) is 13.1. The van der Waals surface area contributed by atoms with Crippen LogP contribution in [0.5, 0.6) is 0 Å². The largest absolute Gasteiger partial charge is 0.318 e. The predicted octanol–water partition coefficient (Wildman–Crippen LogP) is 4.97. The average molecular weight is 312 g/mol. The van der Waals surface area contributed by atoms with Gasteiger partial charge in [0, 0.05) is 5.02 Å². The van der Waals surface area contributed by atoms with Crippen LogP contribution in [0.25, 0.3) is 0 Å². The molecular formula is C16H16Cl2FN. The fourth-order valence-corrected chi connectivity index (χ4v) is 2.93. The van der Waals surface area contributed by atoms with Gasteiger partial charge >= 0.3 is 0 Å². The molecule has 0 fully saturated rings. The number of benzene rings is 2. The van der Waals surface area contributed by atoms with Crippen LogP contribution in [0, 0.1) is 19.7 Å². The van der Waals surface area contributed by atoms with Crippen LogP contribution in [0.4, 0.5) is 4.39 Å². The molecule has 0 aliphatic rings. The van der Waals surface area contributed by atoms with Crippen LogP contribution in [-0.4, -0.2) is 0 Å². The van der Waals surface area contributed by atoms with Gasteiger partial charge in [0.15, 0.2) is 0 Å². The molecule has 0 aliphatic carbocycles. The third-order valence-corrected chi connectivity index (χ3v) is 3.99. The van der Waals surface area contributed by atoms with Gasteiger partial charge in [-0.2, -0.15) is 0 Å². The lowest BCUT2D eigenvalue weighted by Crippen LogP contribution is -2.35. The van der Waals surface area contributed by atoms with E-state index in [2.05, 4.69) is 6.07 Å². The SMILES string of the molecule is Cc1cc(C)cc(C(C)(N)c2cc(F)c(Cl)cc2Cl)c1. The summed E-state index contributed by atoms with van der Waals surface area (Å²) in [5, 5.41) is 0.357. The maximum Gasteiger partial charge on any atom is 0.142 e. The van der Waals surface area contributed by atoms with Gasteiger partial charge in [-0.05, 0) is 44.0 Å². The predicted molar refractivity (Wildman–Crippen MR) is 83.0 cm³/mol. The highest BCUT2D eigenvalue weighted by Crippen LogP contribution is 2.35. The second kappa shape index (κ2) is 5.36. The number of nitrogens with two attached hydrogens (primary N) is 1. The topological polar surface area (TPSA) is 26.0 Å². The first-order valence-electron chi connectivity index (χ1n) is 6.24. The minimum Gasteiger partial charge on any atom is -0.318 e. The molecule has 0 heterocycles. The lowest BCUT2D eigenvalue weighted by molar-refractivity contribution is 0.581. The fraction of sp³-hybridized carbons (Fsp3) is 0.250. The maximum atomic E-state index is 13.7. The zero-order chi connectivity index (χ0) is 15.1. The van der Waals surface area contributed by atoms with Crippen molar-refractivity contribution < 1.29 is 4.39 Å². The number of halogens is 3. The Bertz CT molecular complexity index is 646. The van der Waals surface area contributed by atoms with E-state index >= 15 is 0 Å². The molecule has 2 rings (SSSR count). The van der Waals surface area contributed by atoms with Gasteiger partial charge in [-0.1, -0.05) is 52.5 Å². The highest BCUT2D eigenvalue weighted by Gasteiger charge is 2.28. The molecule has 0 spiro atoms. The van der Waals surface area contributed by atoms with Gasteiger partial charge in [-0.15, -0.1) is 0 Å². The van der Waals surface area contributed by atoms with Gasteiger partial charge in [0.05, 0.1) is 10.6 Å². The molecule has 1 unspecified atom stereocenters. The van der Waals surface area contributed by atoms with Crippen LogP contribution in [0.15, 0.2) is 30.3 Å². The average Bonchev–Trinajstić information content (AvgIpc) is 2.32. The molecule has 0 saturated carbocycles. The van der Waals surface area contributed by atoms with Crippen LogP contribution in [0.1, 0.15) is 29.2 Å². The molecule has 0 bridgehead atoms. The summed E-state index contributed by atoms with van der Waals surface area (Å²) < 4.78 is 13.7. The Morgan fingerprint density at radius 1 is 0.950 bits per heavy atom. The van der Waals surface area contributed by atoms with Crippen molar-refractivity contribution in [3.05, 3.63) is 68.4 Å². The van der Waals surface area contributed by atoms with Gasteiger partial charge in [-0.25, -0.2) is 4.39 Å². The van der Waals surface area contributed by atoms with Gasteiger partial charge < -0.3 is 5.73 Å². The van der Waals surface area contributed by atoms with Crippen molar-refractivity contribution in [3.63, 3.8) is 0 Å². The van der Waals surface area contributed by atoms with Gasteiger partial charge in [0.25, 0.3) is 0 Å². The van der Waals surface area contributed by atoms with E-state index in [1.165, 1.54) is 12.1 Å². The van der Waals surface area contributed by atoms with E-state index in [0.29, 0.717) is 10.6 Å². The van der Waals surface area contributed by atoms with Crippen molar-refractivity contribution >= 4 is 23.2 Å². The Balaban J connectivity index is 2.62. The monoisotopic (exact) mass is 311 g/mol. The van der Waals surface area contributed by atoms with Crippen molar-refractivity contribution in [2.75, 3.05) is 0 Å².